The minimum absolute atomic E-state index is 0.0338. The smallest absolute Gasteiger partial charge is 0.126 e. The van der Waals surface area contributed by atoms with Crippen molar-refractivity contribution in [2.24, 2.45) is 0 Å². The van der Waals surface area contributed by atoms with Crippen LogP contribution in [0.3, 0.4) is 0 Å². The number of aryl methyl sites for hydroxylation is 2. The van der Waals surface area contributed by atoms with Gasteiger partial charge in [0, 0.05) is 93.4 Å². The van der Waals surface area contributed by atoms with E-state index in [2.05, 4.69) is 187 Å². The first-order valence-corrected chi connectivity index (χ1v) is 39.4. The van der Waals surface area contributed by atoms with Crippen molar-refractivity contribution in [3.63, 3.8) is 0 Å². The van der Waals surface area contributed by atoms with Gasteiger partial charge in [-0.2, -0.15) is 0 Å². The summed E-state index contributed by atoms with van der Waals surface area (Å²) in [5.74, 6) is 1.94. The fourth-order valence-electron chi connectivity index (χ4n) is 12.3. The third-order valence-corrected chi connectivity index (χ3v) is 20.9. The van der Waals surface area contributed by atoms with E-state index in [1.165, 1.54) is 83.7 Å². The molecule has 8 aromatic carbocycles. The molecule has 15 nitrogen and oxygen atoms in total. The number of halogens is 3. The Kier molecular flexibility index (Phi) is 36.4. The Morgan fingerprint density at radius 2 is 0.881 bits per heavy atom. The van der Waals surface area contributed by atoms with Crippen LogP contribution in [0.1, 0.15) is 97.5 Å². The lowest BCUT2D eigenvalue weighted by Crippen LogP contribution is -2.35. The van der Waals surface area contributed by atoms with Crippen molar-refractivity contribution in [3.8, 4) is 38.1 Å². The maximum atomic E-state index is 13.3. The van der Waals surface area contributed by atoms with E-state index >= 15 is 0 Å². The van der Waals surface area contributed by atoms with Gasteiger partial charge in [0.2, 0.25) is 0 Å². The van der Waals surface area contributed by atoms with Gasteiger partial charge in [0.15, 0.2) is 0 Å². The normalized spacial score (nSPS) is 12.3. The van der Waals surface area contributed by atoms with E-state index in [0.717, 1.165) is 116 Å². The van der Waals surface area contributed by atoms with Gasteiger partial charge in [-0.25, -0.2) is 13.2 Å². The van der Waals surface area contributed by atoms with E-state index in [9.17, 15) is 13.2 Å². The molecule has 0 saturated heterocycles. The molecule has 0 radical (unpaired) electrons. The Balaban J connectivity index is 0.000000184. The molecule has 0 amide bonds. The lowest BCUT2D eigenvalue weighted by molar-refractivity contribution is 0.170. The summed E-state index contributed by atoms with van der Waals surface area (Å²) in [6.45, 7) is 18.4. The average molecular weight is 1530 g/mol. The summed E-state index contributed by atoms with van der Waals surface area (Å²) >= 11 is 3.57. The molecule has 1 aliphatic rings. The van der Waals surface area contributed by atoms with E-state index in [0.29, 0.717) is 44.4 Å². The number of aliphatic hydroxyl groups excluding tert-OH is 6. The summed E-state index contributed by atoms with van der Waals surface area (Å²) in [6.07, 6.45) is 6.08. The Morgan fingerprint density at radius 3 is 1.33 bits per heavy atom. The van der Waals surface area contributed by atoms with Crippen LogP contribution in [0.5, 0.6) is 17.2 Å². The molecule has 0 saturated carbocycles. The van der Waals surface area contributed by atoms with Crippen LogP contribution in [-0.4, -0.2) is 140 Å². The van der Waals surface area contributed by atoms with Crippen molar-refractivity contribution in [1.82, 2.24) is 16.0 Å². The minimum atomic E-state index is -0.297. The standard InChI is InChI=1S/C24H29FN2O2S.C24H29FN2OS.C22H31FN2O2.C19H22O4/c1-17(2)27(22-9-7-20(25)8-10-22)14-23-11-12-24(30-23)19-5-3-18(4-6-19)13-26-21(15-28)16-29;1-18(2)27(22-9-7-21(25)8-10-22)17-23-11-12-24(29-23)20-5-3-19(4-6-20)13-14-26-15-16-28;1-17(2)25(22-11-9-20(23)10-12-22)13-3-4-18-5-7-19(8-6-18)14-24-21(15-26)16-27;1-21-17-9-5-15-12-18(23-19(15)13-17)8-4-14-2-6-16(7-3-14)22-11-10-20/h3-12,17,21,26,28-29H,13-16H2,1-2H3;3-12,18,26,28H,13-17H2,1-2H3;5-12,17,21,24,26-27H,3-4,13-16H2,1-2H3;2-3,5-7,9,13,18,20H,4,8,10-12H2,1H3. The number of thiophene rings is 2. The van der Waals surface area contributed by atoms with Crippen molar-refractivity contribution < 1.29 is 58.0 Å². The number of benzene rings is 8. The van der Waals surface area contributed by atoms with E-state index in [-0.39, 0.29) is 75.3 Å². The predicted octanol–water partition coefficient (Wildman–Crippen LogP) is 15.6. The average Bonchev–Trinajstić information content (AvgIpc) is 1.74. The van der Waals surface area contributed by atoms with Crippen molar-refractivity contribution in [2.75, 3.05) is 87.7 Å². The van der Waals surface area contributed by atoms with Crippen LogP contribution in [0.4, 0.5) is 30.2 Å². The molecule has 0 spiro atoms. The van der Waals surface area contributed by atoms with Crippen molar-refractivity contribution in [3.05, 3.63) is 273 Å². The Morgan fingerprint density at radius 1 is 0.459 bits per heavy atom. The first kappa shape index (κ1) is 86.0. The highest BCUT2D eigenvalue weighted by molar-refractivity contribution is 7.15. The largest absolute Gasteiger partial charge is 0.497 e. The number of rotatable bonds is 38. The molecule has 1 aliphatic heterocycles. The van der Waals surface area contributed by atoms with Gasteiger partial charge in [0.1, 0.15) is 47.4 Å². The first-order valence-electron chi connectivity index (χ1n) is 37.8. The number of anilines is 3. The molecule has 3 heterocycles. The Bertz CT molecular complexity index is 4150. The van der Waals surface area contributed by atoms with Gasteiger partial charge in [-0.05, 0) is 240 Å². The summed E-state index contributed by atoms with van der Waals surface area (Å²) < 4.78 is 56.3. The number of aliphatic hydroxyl groups is 6. The second-order valence-electron chi connectivity index (χ2n) is 27.8. The van der Waals surface area contributed by atoms with Crippen LogP contribution in [0, 0.1) is 17.5 Å². The molecule has 109 heavy (non-hydrogen) atoms. The minimum Gasteiger partial charge on any atom is -0.497 e. The molecule has 10 aromatic rings. The Labute approximate surface area is 651 Å². The molecule has 20 heteroatoms. The van der Waals surface area contributed by atoms with Crippen LogP contribution < -0.4 is 44.9 Å². The summed E-state index contributed by atoms with van der Waals surface area (Å²) in [5.41, 5.74) is 12.8. The molecule has 0 bridgehead atoms. The number of methoxy groups -OCH3 is 1. The molecule has 0 aliphatic carbocycles. The maximum absolute atomic E-state index is 13.3. The third kappa shape index (κ3) is 28.7. The topological polar surface area (TPSA) is 195 Å². The monoisotopic (exact) mass is 1530 g/mol. The number of fused-ring (bicyclic) bond motifs is 1. The number of hydrogen-bond acceptors (Lipinski definition) is 17. The highest BCUT2D eigenvalue weighted by atomic mass is 32.1. The summed E-state index contributed by atoms with van der Waals surface area (Å²) in [7, 11) is 1.67. The SMILES string of the molecule is CC(C)N(CCCc1ccc(CNC(CO)CO)cc1)c1ccc(F)cc1.CC(C)N(Cc1ccc(-c2ccc(CCNCCO)cc2)s1)c1ccc(F)cc1.CC(C)N(Cc1ccc(-c2ccc(CNC(CO)CO)cc2)s1)c1ccc(F)cc1.COc1ccc2c(c1)OC(CCc1ccc(OCCO)cc1)C2. The fourth-order valence-corrected chi connectivity index (χ4v) is 14.4. The lowest BCUT2D eigenvalue weighted by Gasteiger charge is -2.29. The van der Waals surface area contributed by atoms with Gasteiger partial charge in [-0.1, -0.05) is 91.0 Å². The van der Waals surface area contributed by atoms with Crippen LogP contribution >= 0.6 is 22.7 Å². The summed E-state index contributed by atoms with van der Waals surface area (Å²) in [4.78, 5) is 11.9. The maximum Gasteiger partial charge on any atom is 0.126 e. The predicted molar refractivity (Wildman–Crippen MR) is 440 cm³/mol. The number of nitrogens with zero attached hydrogens (tertiary/aromatic N) is 3. The number of hydrogen-bond donors (Lipinski definition) is 9. The number of ether oxygens (including phenoxy) is 3. The van der Waals surface area contributed by atoms with Gasteiger partial charge in [0.25, 0.3) is 0 Å². The van der Waals surface area contributed by atoms with Crippen molar-refractivity contribution in [1.29, 1.82) is 0 Å². The van der Waals surface area contributed by atoms with Gasteiger partial charge < -0.3 is 75.5 Å². The summed E-state index contributed by atoms with van der Waals surface area (Å²) in [5, 5.41) is 63.4. The van der Waals surface area contributed by atoms with Crippen molar-refractivity contribution >= 4 is 39.7 Å². The van der Waals surface area contributed by atoms with E-state index in [1.54, 1.807) is 29.8 Å². The van der Waals surface area contributed by atoms with E-state index < -0.39 is 0 Å². The quantitative estimate of drug-likeness (QED) is 0.0166. The molecule has 1 unspecified atom stereocenters. The van der Waals surface area contributed by atoms with Gasteiger partial charge in [-0.3, -0.25) is 0 Å². The van der Waals surface area contributed by atoms with E-state index in [4.69, 9.17) is 44.8 Å². The van der Waals surface area contributed by atoms with Gasteiger partial charge in [0.05, 0.1) is 71.9 Å². The zero-order chi connectivity index (χ0) is 77.9. The van der Waals surface area contributed by atoms with Gasteiger partial charge in [-0.15, -0.1) is 22.7 Å². The van der Waals surface area contributed by atoms with Crippen LogP contribution in [0.2, 0.25) is 0 Å². The zero-order valence-electron chi connectivity index (χ0n) is 64.0. The molecule has 2 aromatic heterocycles. The van der Waals surface area contributed by atoms with Crippen LogP contribution in [0.15, 0.2) is 212 Å². The number of nitrogens with one attached hydrogen (secondary N) is 3. The lowest BCUT2D eigenvalue weighted by atomic mass is 10.0. The highest BCUT2D eigenvalue weighted by Crippen LogP contribution is 2.36. The molecule has 1 atom stereocenters. The molecular weight excluding hydrogens is 1420 g/mol. The summed E-state index contributed by atoms with van der Waals surface area (Å²) in [6, 6.07) is 68.6. The molecule has 0 fully saturated rings. The van der Waals surface area contributed by atoms with Crippen LogP contribution in [0.25, 0.3) is 20.9 Å². The van der Waals surface area contributed by atoms with Gasteiger partial charge >= 0.3 is 0 Å². The highest BCUT2D eigenvalue weighted by Gasteiger charge is 2.24. The molecule has 9 N–H and O–H groups in total. The molecular formula is C89H111F3N6O9S2. The van der Waals surface area contributed by atoms with E-state index in [1.807, 2.05) is 60.7 Å². The molecule has 584 valence electrons. The Hall–Kier alpha value is -8.61. The third-order valence-electron chi connectivity index (χ3n) is 18.7. The van der Waals surface area contributed by atoms with Crippen molar-refractivity contribution in [2.45, 2.75) is 143 Å². The van der Waals surface area contributed by atoms with Crippen LogP contribution in [-0.2, 0) is 51.9 Å². The molecule has 11 rings (SSSR count). The second-order valence-corrected chi connectivity index (χ2v) is 30.1. The zero-order valence-corrected chi connectivity index (χ0v) is 65.6. The first-order chi connectivity index (χ1) is 52.9. The second kappa shape index (κ2) is 46.1. The fraction of sp³-hybridized carbons (Fsp3) is 0.371.